The molecular weight excluding hydrogens is 206 g/mol. The molecule has 7 nitrogen and oxygen atoms in total. The van der Waals surface area contributed by atoms with Crippen molar-refractivity contribution in [3.8, 4) is 0 Å². The fourth-order valence-corrected chi connectivity index (χ4v) is 1.60. The van der Waals surface area contributed by atoms with E-state index in [1.165, 1.54) is 4.63 Å². The van der Waals surface area contributed by atoms with Gasteiger partial charge >= 0.3 is 0 Å². The molecule has 0 spiro atoms. The summed E-state index contributed by atoms with van der Waals surface area (Å²) in [6.45, 7) is 4.05. The summed E-state index contributed by atoms with van der Waals surface area (Å²) in [5.74, 6) is 0.743. The SMILES string of the molecule is CC(N)CC(C)Nc1ccc2nnnn2n1. The number of hydrogen-bond donors (Lipinski definition) is 2. The molecule has 2 aromatic rings. The van der Waals surface area contributed by atoms with Crippen molar-refractivity contribution in [1.82, 2.24) is 25.3 Å². The van der Waals surface area contributed by atoms with E-state index in [0.717, 1.165) is 12.2 Å². The van der Waals surface area contributed by atoms with Crippen molar-refractivity contribution in [2.45, 2.75) is 32.4 Å². The first-order valence-electron chi connectivity index (χ1n) is 5.22. The van der Waals surface area contributed by atoms with E-state index in [-0.39, 0.29) is 12.1 Å². The standard InChI is InChI=1S/C9H15N7/c1-6(10)5-7(2)11-8-3-4-9-12-14-15-16(9)13-8/h3-4,6-7H,5,10H2,1-2H3,(H,11,13). The van der Waals surface area contributed by atoms with Gasteiger partial charge in [0.15, 0.2) is 5.65 Å². The van der Waals surface area contributed by atoms with Gasteiger partial charge in [-0.3, -0.25) is 0 Å². The van der Waals surface area contributed by atoms with Crippen LogP contribution in [0.2, 0.25) is 0 Å². The lowest BCUT2D eigenvalue weighted by Crippen LogP contribution is -2.26. The summed E-state index contributed by atoms with van der Waals surface area (Å²) in [6.07, 6.45) is 0.884. The molecule has 86 valence electrons. The minimum absolute atomic E-state index is 0.166. The Kier molecular flexibility index (Phi) is 2.95. The van der Waals surface area contributed by atoms with Gasteiger partial charge in [0.2, 0.25) is 0 Å². The van der Waals surface area contributed by atoms with Gasteiger partial charge in [-0.25, -0.2) is 0 Å². The van der Waals surface area contributed by atoms with E-state index >= 15 is 0 Å². The molecule has 3 N–H and O–H groups in total. The predicted molar refractivity (Wildman–Crippen MR) is 59.9 cm³/mol. The van der Waals surface area contributed by atoms with Crippen LogP contribution in [0.3, 0.4) is 0 Å². The first kappa shape index (κ1) is 10.7. The van der Waals surface area contributed by atoms with E-state index in [1.807, 2.05) is 19.1 Å². The van der Waals surface area contributed by atoms with E-state index in [1.54, 1.807) is 0 Å². The summed E-state index contributed by atoms with van der Waals surface area (Å²) in [4.78, 5) is 0. The molecule has 2 rings (SSSR count). The maximum absolute atomic E-state index is 5.72. The number of nitrogens with one attached hydrogen (secondary N) is 1. The van der Waals surface area contributed by atoms with E-state index in [0.29, 0.717) is 5.65 Å². The number of nitrogens with two attached hydrogens (primary N) is 1. The van der Waals surface area contributed by atoms with Crippen LogP contribution in [0.5, 0.6) is 0 Å². The van der Waals surface area contributed by atoms with Gasteiger partial charge in [-0.2, -0.15) is 0 Å². The smallest absolute Gasteiger partial charge is 0.200 e. The lowest BCUT2D eigenvalue weighted by molar-refractivity contribution is 0.600. The zero-order chi connectivity index (χ0) is 11.5. The van der Waals surface area contributed by atoms with Crippen LogP contribution < -0.4 is 11.1 Å². The highest BCUT2D eigenvalue weighted by Gasteiger charge is 2.07. The zero-order valence-electron chi connectivity index (χ0n) is 9.33. The van der Waals surface area contributed by atoms with Gasteiger partial charge in [0.05, 0.1) is 0 Å². The summed E-state index contributed by atoms with van der Waals surface area (Å²) >= 11 is 0. The molecule has 7 heteroatoms. The van der Waals surface area contributed by atoms with Gasteiger partial charge in [0.25, 0.3) is 0 Å². The maximum atomic E-state index is 5.72. The van der Waals surface area contributed by atoms with Crippen molar-refractivity contribution in [2.75, 3.05) is 5.32 Å². The van der Waals surface area contributed by atoms with Crippen LogP contribution in [0.15, 0.2) is 12.1 Å². The van der Waals surface area contributed by atoms with Crippen molar-refractivity contribution in [2.24, 2.45) is 5.73 Å². The van der Waals surface area contributed by atoms with Crippen LogP contribution in [0, 0.1) is 0 Å². The largest absolute Gasteiger partial charge is 0.366 e. The molecule has 0 aromatic carbocycles. The molecular formula is C9H15N7. The molecule has 2 unspecified atom stereocenters. The Morgan fingerprint density at radius 2 is 2.25 bits per heavy atom. The van der Waals surface area contributed by atoms with E-state index < -0.39 is 0 Å². The molecule has 0 aliphatic heterocycles. The van der Waals surface area contributed by atoms with E-state index in [4.69, 9.17) is 5.73 Å². The highest BCUT2D eigenvalue weighted by atomic mass is 15.6. The van der Waals surface area contributed by atoms with Gasteiger partial charge in [0, 0.05) is 12.1 Å². The minimum atomic E-state index is 0.166. The molecule has 0 radical (unpaired) electrons. The highest BCUT2D eigenvalue weighted by molar-refractivity contribution is 5.42. The summed E-state index contributed by atoms with van der Waals surface area (Å²) in [5, 5.41) is 18.5. The number of tetrazole rings is 1. The Morgan fingerprint density at radius 1 is 1.44 bits per heavy atom. The monoisotopic (exact) mass is 221 g/mol. The van der Waals surface area contributed by atoms with Gasteiger partial charge < -0.3 is 11.1 Å². The van der Waals surface area contributed by atoms with Crippen LogP contribution in [0.4, 0.5) is 5.82 Å². The number of aromatic nitrogens is 5. The van der Waals surface area contributed by atoms with Crippen LogP contribution in [0.25, 0.3) is 5.65 Å². The van der Waals surface area contributed by atoms with Crippen molar-refractivity contribution < 1.29 is 0 Å². The molecule has 0 bridgehead atoms. The number of hydrogen-bond acceptors (Lipinski definition) is 6. The third-order valence-corrected chi connectivity index (χ3v) is 2.19. The number of fused-ring (bicyclic) bond motifs is 1. The first-order chi connectivity index (χ1) is 7.65. The number of anilines is 1. The lowest BCUT2D eigenvalue weighted by atomic mass is 10.1. The molecule has 2 heterocycles. The topological polar surface area (TPSA) is 94.0 Å². The summed E-state index contributed by atoms with van der Waals surface area (Å²) in [6, 6.07) is 4.10. The van der Waals surface area contributed by atoms with Crippen molar-refractivity contribution in [3.05, 3.63) is 12.1 Å². The molecule has 2 aromatic heterocycles. The fourth-order valence-electron chi connectivity index (χ4n) is 1.60. The number of rotatable bonds is 4. The Balaban J connectivity index is 2.08. The van der Waals surface area contributed by atoms with Crippen LogP contribution >= 0.6 is 0 Å². The molecule has 0 fully saturated rings. The quantitative estimate of drug-likeness (QED) is 0.758. The second-order valence-electron chi connectivity index (χ2n) is 4.00. The predicted octanol–water partition coefficient (Wildman–Crippen LogP) is 0.0570. The van der Waals surface area contributed by atoms with Gasteiger partial charge in [0.1, 0.15) is 5.82 Å². The first-order valence-corrected chi connectivity index (χ1v) is 5.22. The molecule has 16 heavy (non-hydrogen) atoms. The zero-order valence-corrected chi connectivity index (χ0v) is 9.33. The van der Waals surface area contributed by atoms with Crippen LogP contribution in [-0.4, -0.2) is 37.3 Å². The van der Waals surface area contributed by atoms with E-state index in [9.17, 15) is 0 Å². The summed E-state index contributed by atoms with van der Waals surface area (Å²) in [7, 11) is 0. The molecule has 0 aliphatic rings. The van der Waals surface area contributed by atoms with E-state index in [2.05, 4.69) is 32.9 Å². The maximum Gasteiger partial charge on any atom is 0.200 e. The molecule has 0 saturated carbocycles. The highest BCUT2D eigenvalue weighted by Crippen LogP contribution is 2.07. The molecule has 2 atom stereocenters. The summed E-state index contributed by atoms with van der Waals surface area (Å²) in [5.41, 5.74) is 6.35. The Hall–Kier alpha value is -1.76. The van der Waals surface area contributed by atoms with Gasteiger partial charge in [-0.1, -0.05) is 0 Å². The lowest BCUT2D eigenvalue weighted by Gasteiger charge is -2.15. The van der Waals surface area contributed by atoms with Crippen molar-refractivity contribution in [3.63, 3.8) is 0 Å². The van der Waals surface area contributed by atoms with Crippen molar-refractivity contribution in [1.29, 1.82) is 0 Å². The average Bonchev–Trinajstić information content (AvgIpc) is 2.63. The summed E-state index contributed by atoms with van der Waals surface area (Å²) < 4.78 is 1.39. The van der Waals surface area contributed by atoms with Crippen LogP contribution in [0.1, 0.15) is 20.3 Å². The van der Waals surface area contributed by atoms with Gasteiger partial charge in [-0.15, -0.1) is 14.8 Å². The fraction of sp³-hybridized carbons (Fsp3) is 0.556. The minimum Gasteiger partial charge on any atom is -0.366 e. The normalized spacial score (nSPS) is 14.9. The third-order valence-electron chi connectivity index (χ3n) is 2.19. The molecule has 0 aliphatic carbocycles. The third kappa shape index (κ3) is 2.43. The Morgan fingerprint density at radius 3 is 3.00 bits per heavy atom. The molecule has 0 saturated heterocycles. The second-order valence-corrected chi connectivity index (χ2v) is 4.00. The second kappa shape index (κ2) is 4.40. The molecule has 0 amide bonds. The average molecular weight is 221 g/mol. The Bertz CT molecular complexity index is 464. The van der Waals surface area contributed by atoms with Crippen molar-refractivity contribution >= 4 is 11.5 Å². The van der Waals surface area contributed by atoms with Crippen LogP contribution in [-0.2, 0) is 0 Å². The van der Waals surface area contributed by atoms with Gasteiger partial charge in [-0.05, 0) is 42.8 Å². The Labute approximate surface area is 93.0 Å². The number of nitrogens with zero attached hydrogens (tertiary/aromatic N) is 5.